The molecule has 1 aromatic rings. The summed E-state index contributed by atoms with van der Waals surface area (Å²) in [5, 5.41) is 11.4. The lowest BCUT2D eigenvalue weighted by Crippen LogP contribution is -2.14. The van der Waals surface area contributed by atoms with Gasteiger partial charge in [0.2, 0.25) is 5.91 Å². The Morgan fingerprint density at radius 3 is 2.74 bits per heavy atom. The van der Waals surface area contributed by atoms with E-state index in [0.717, 1.165) is 18.9 Å². The molecule has 0 radical (unpaired) electrons. The Kier molecular flexibility index (Phi) is 3.85. The second kappa shape index (κ2) is 5.56. The summed E-state index contributed by atoms with van der Waals surface area (Å²) in [4.78, 5) is 22.2. The van der Waals surface area contributed by atoms with E-state index >= 15 is 0 Å². The molecule has 1 aliphatic rings. The van der Waals surface area contributed by atoms with E-state index in [1.165, 1.54) is 13.2 Å². The molecule has 2 N–H and O–H groups in total. The third-order valence-electron chi connectivity index (χ3n) is 2.85. The van der Waals surface area contributed by atoms with Crippen LogP contribution in [0.4, 0.5) is 5.69 Å². The number of aliphatic carboxylic acids is 1. The number of amides is 1. The van der Waals surface area contributed by atoms with E-state index in [1.807, 2.05) is 0 Å². The third-order valence-corrected chi connectivity index (χ3v) is 2.85. The Labute approximate surface area is 110 Å². The van der Waals surface area contributed by atoms with E-state index < -0.39 is 5.97 Å². The number of nitrogens with one attached hydrogen (secondary N) is 1. The molecule has 0 aliphatic heterocycles. The summed E-state index contributed by atoms with van der Waals surface area (Å²) in [5.41, 5.74) is 1.25. The smallest absolute Gasteiger partial charge is 0.328 e. The molecule has 1 saturated carbocycles. The normalized spacial score (nSPS) is 14.4. The number of carbonyl (C=O) groups excluding carboxylic acids is 1. The maximum atomic E-state index is 11.7. The molecule has 0 heterocycles. The van der Waals surface area contributed by atoms with Crippen LogP contribution in [0.1, 0.15) is 18.4 Å². The standard InChI is InChI=1S/C14H15NO4/c1-19-12-6-2-9(3-7-13(16)17)8-11(12)15-14(18)10-4-5-10/h2-3,6-8,10H,4-5H2,1H3,(H,15,18)(H,16,17). The van der Waals surface area contributed by atoms with Crippen molar-refractivity contribution in [2.45, 2.75) is 12.8 Å². The Morgan fingerprint density at radius 1 is 1.42 bits per heavy atom. The van der Waals surface area contributed by atoms with Gasteiger partial charge in [0.1, 0.15) is 5.75 Å². The molecule has 1 aliphatic carbocycles. The molecule has 0 unspecified atom stereocenters. The van der Waals surface area contributed by atoms with Crippen LogP contribution in [0.2, 0.25) is 0 Å². The van der Waals surface area contributed by atoms with Crippen molar-refractivity contribution >= 4 is 23.6 Å². The Hall–Kier alpha value is -2.30. The minimum Gasteiger partial charge on any atom is -0.495 e. The lowest BCUT2D eigenvalue weighted by atomic mass is 10.1. The predicted octanol–water partition coefficient (Wildman–Crippen LogP) is 2.14. The van der Waals surface area contributed by atoms with Crippen LogP contribution in [0.25, 0.3) is 6.08 Å². The molecule has 5 nitrogen and oxygen atoms in total. The summed E-state index contributed by atoms with van der Waals surface area (Å²) in [6, 6.07) is 5.12. The van der Waals surface area contributed by atoms with Crippen molar-refractivity contribution in [1.29, 1.82) is 0 Å². The zero-order valence-corrected chi connectivity index (χ0v) is 10.6. The molecule has 2 rings (SSSR count). The Bertz CT molecular complexity index is 532. The van der Waals surface area contributed by atoms with Crippen LogP contribution >= 0.6 is 0 Å². The van der Waals surface area contributed by atoms with Crippen LogP contribution in [0.3, 0.4) is 0 Å². The van der Waals surface area contributed by atoms with Gasteiger partial charge in [-0.1, -0.05) is 6.07 Å². The lowest BCUT2D eigenvalue weighted by molar-refractivity contribution is -0.131. The maximum absolute atomic E-state index is 11.7. The first kappa shape index (κ1) is 13.1. The van der Waals surface area contributed by atoms with Crippen LogP contribution in [-0.4, -0.2) is 24.1 Å². The number of carbonyl (C=O) groups is 2. The number of anilines is 1. The van der Waals surface area contributed by atoms with E-state index in [4.69, 9.17) is 9.84 Å². The van der Waals surface area contributed by atoms with Gasteiger partial charge in [-0.05, 0) is 36.6 Å². The summed E-state index contributed by atoms with van der Waals surface area (Å²) in [5.74, 6) is -0.374. The minimum atomic E-state index is -1.01. The SMILES string of the molecule is COc1ccc(C=CC(=O)O)cc1NC(=O)C1CC1. The number of rotatable bonds is 5. The van der Waals surface area contributed by atoms with Crippen molar-refractivity contribution in [3.05, 3.63) is 29.8 Å². The summed E-state index contributed by atoms with van der Waals surface area (Å²) in [6.07, 6.45) is 4.36. The van der Waals surface area contributed by atoms with Gasteiger partial charge in [0.15, 0.2) is 0 Å². The molecule has 19 heavy (non-hydrogen) atoms. The number of benzene rings is 1. The van der Waals surface area contributed by atoms with Gasteiger partial charge in [0.25, 0.3) is 0 Å². The van der Waals surface area contributed by atoms with Gasteiger partial charge in [-0.15, -0.1) is 0 Å². The molecule has 1 fully saturated rings. The van der Waals surface area contributed by atoms with Crippen molar-refractivity contribution in [1.82, 2.24) is 0 Å². The molecule has 1 aromatic carbocycles. The van der Waals surface area contributed by atoms with Crippen molar-refractivity contribution in [2.75, 3.05) is 12.4 Å². The molecule has 0 bridgehead atoms. The molecule has 0 aromatic heterocycles. The molecule has 0 atom stereocenters. The zero-order chi connectivity index (χ0) is 13.8. The van der Waals surface area contributed by atoms with Gasteiger partial charge in [-0.2, -0.15) is 0 Å². The van der Waals surface area contributed by atoms with E-state index in [2.05, 4.69) is 5.32 Å². The van der Waals surface area contributed by atoms with Gasteiger partial charge in [-0.25, -0.2) is 4.79 Å². The van der Waals surface area contributed by atoms with Crippen molar-refractivity contribution < 1.29 is 19.4 Å². The fraction of sp³-hybridized carbons (Fsp3) is 0.286. The van der Waals surface area contributed by atoms with Crippen LogP contribution in [0.5, 0.6) is 5.75 Å². The summed E-state index contributed by atoms with van der Waals surface area (Å²) < 4.78 is 5.17. The van der Waals surface area contributed by atoms with Crippen LogP contribution in [-0.2, 0) is 9.59 Å². The summed E-state index contributed by atoms with van der Waals surface area (Å²) >= 11 is 0. The van der Waals surface area contributed by atoms with Gasteiger partial charge in [0.05, 0.1) is 12.8 Å². The highest BCUT2D eigenvalue weighted by Crippen LogP contribution is 2.32. The Morgan fingerprint density at radius 2 is 2.16 bits per heavy atom. The molecule has 1 amide bonds. The first-order valence-corrected chi connectivity index (χ1v) is 6.00. The van der Waals surface area contributed by atoms with E-state index in [9.17, 15) is 9.59 Å². The van der Waals surface area contributed by atoms with Gasteiger partial charge in [-0.3, -0.25) is 4.79 Å². The molecular weight excluding hydrogens is 246 g/mol. The van der Waals surface area contributed by atoms with Crippen molar-refractivity contribution in [3.63, 3.8) is 0 Å². The fourth-order valence-electron chi connectivity index (χ4n) is 1.67. The predicted molar refractivity (Wildman–Crippen MR) is 71.0 cm³/mol. The molecule has 0 saturated heterocycles. The molecule has 5 heteroatoms. The van der Waals surface area contributed by atoms with Gasteiger partial charge < -0.3 is 15.2 Å². The zero-order valence-electron chi connectivity index (χ0n) is 10.6. The quantitative estimate of drug-likeness (QED) is 0.796. The number of methoxy groups -OCH3 is 1. The van der Waals surface area contributed by atoms with Crippen molar-refractivity contribution in [2.24, 2.45) is 5.92 Å². The first-order valence-electron chi connectivity index (χ1n) is 6.00. The van der Waals surface area contributed by atoms with Gasteiger partial charge >= 0.3 is 5.97 Å². The minimum absolute atomic E-state index is 0.0161. The number of hydrogen-bond acceptors (Lipinski definition) is 3. The highest BCUT2D eigenvalue weighted by molar-refractivity contribution is 5.96. The monoisotopic (exact) mass is 261 g/mol. The van der Waals surface area contributed by atoms with Crippen molar-refractivity contribution in [3.8, 4) is 5.75 Å². The van der Waals surface area contributed by atoms with Crippen LogP contribution < -0.4 is 10.1 Å². The van der Waals surface area contributed by atoms with Crippen LogP contribution in [0.15, 0.2) is 24.3 Å². The topological polar surface area (TPSA) is 75.6 Å². The van der Waals surface area contributed by atoms with Crippen LogP contribution in [0, 0.1) is 5.92 Å². The van der Waals surface area contributed by atoms with E-state index in [1.54, 1.807) is 18.2 Å². The second-order valence-corrected chi connectivity index (χ2v) is 4.39. The number of hydrogen-bond donors (Lipinski definition) is 2. The van der Waals surface area contributed by atoms with Gasteiger partial charge in [0, 0.05) is 12.0 Å². The fourth-order valence-corrected chi connectivity index (χ4v) is 1.67. The highest BCUT2D eigenvalue weighted by atomic mass is 16.5. The third kappa shape index (κ3) is 3.58. The second-order valence-electron chi connectivity index (χ2n) is 4.39. The number of carboxylic acids is 1. The Balaban J connectivity index is 2.20. The number of carboxylic acid groups (broad SMARTS) is 1. The molecule has 0 spiro atoms. The first-order chi connectivity index (χ1) is 9.10. The largest absolute Gasteiger partial charge is 0.495 e. The lowest BCUT2D eigenvalue weighted by Gasteiger charge is -2.10. The highest BCUT2D eigenvalue weighted by Gasteiger charge is 2.30. The maximum Gasteiger partial charge on any atom is 0.328 e. The average molecular weight is 261 g/mol. The molecular formula is C14H15NO4. The number of ether oxygens (including phenoxy) is 1. The summed E-state index contributed by atoms with van der Waals surface area (Å²) in [6.45, 7) is 0. The summed E-state index contributed by atoms with van der Waals surface area (Å²) in [7, 11) is 1.52. The van der Waals surface area contributed by atoms with E-state index in [-0.39, 0.29) is 11.8 Å². The average Bonchev–Trinajstić information content (AvgIpc) is 3.20. The van der Waals surface area contributed by atoms with E-state index in [0.29, 0.717) is 17.0 Å². The molecule has 100 valence electrons.